The predicted octanol–water partition coefficient (Wildman–Crippen LogP) is 0.974. The van der Waals surface area contributed by atoms with E-state index in [1.807, 2.05) is 0 Å². The van der Waals surface area contributed by atoms with Gasteiger partial charge in [0.2, 0.25) is 5.91 Å². The number of carboxylic acid groups (broad SMARTS) is 1. The Hall–Kier alpha value is -0.0600. The van der Waals surface area contributed by atoms with Crippen LogP contribution in [-0.4, -0.2) is 18.4 Å². The fraction of sp³-hybridized carbons (Fsp3) is 0.900. The first-order valence-electron chi connectivity index (χ1n) is 9.99. The van der Waals surface area contributed by atoms with Crippen molar-refractivity contribution in [2.75, 3.05) is 6.54 Å². The second-order valence-electron chi connectivity index (χ2n) is 7.32. The van der Waals surface area contributed by atoms with Crippen molar-refractivity contribution in [3.63, 3.8) is 0 Å². The van der Waals surface area contributed by atoms with Gasteiger partial charge in [0.25, 0.3) is 0 Å². The summed E-state index contributed by atoms with van der Waals surface area (Å²) in [6, 6.07) is 0. The van der Waals surface area contributed by atoms with Gasteiger partial charge in [0, 0.05) is 6.42 Å². The van der Waals surface area contributed by atoms with E-state index in [1.165, 1.54) is 70.6 Å². The van der Waals surface area contributed by atoms with Crippen molar-refractivity contribution in [2.24, 2.45) is 5.92 Å². The second-order valence-corrected chi connectivity index (χ2v) is 7.32. The molecule has 0 atom stereocenters. The van der Waals surface area contributed by atoms with Crippen molar-refractivity contribution in [3.05, 3.63) is 0 Å². The summed E-state index contributed by atoms with van der Waals surface area (Å²) in [5.41, 5.74) is 0. The van der Waals surface area contributed by atoms with Gasteiger partial charge in [0.05, 0.1) is 12.5 Å². The molecule has 0 rings (SSSR count). The molecule has 4 nitrogen and oxygen atoms in total. The average Bonchev–Trinajstić information content (AvgIpc) is 2.52. The third kappa shape index (κ3) is 23.9. The van der Waals surface area contributed by atoms with E-state index in [0.29, 0.717) is 6.42 Å². The van der Waals surface area contributed by atoms with E-state index in [9.17, 15) is 14.7 Å². The molecule has 0 spiro atoms. The van der Waals surface area contributed by atoms with Crippen LogP contribution < -0.4 is 40.0 Å². The molecule has 1 N–H and O–H groups in total. The van der Waals surface area contributed by atoms with Crippen LogP contribution in [0.5, 0.6) is 0 Å². The molecule has 0 aliphatic heterocycles. The Bertz CT molecular complexity index is 322. The van der Waals surface area contributed by atoms with Gasteiger partial charge in [0.15, 0.2) is 0 Å². The maximum atomic E-state index is 11.3. The molecule has 0 bridgehead atoms. The van der Waals surface area contributed by atoms with Gasteiger partial charge in [-0.15, -0.1) is 0 Å². The number of carbonyl (C=O) groups excluding carboxylic acids is 2. The number of carboxylic acids is 1. The molecule has 0 saturated heterocycles. The first-order chi connectivity index (χ1) is 11.5. The summed E-state index contributed by atoms with van der Waals surface area (Å²) < 4.78 is 0. The summed E-state index contributed by atoms with van der Waals surface area (Å²) in [5.74, 6) is -0.576. The topological polar surface area (TPSA) is 69.2 Å². The Morgan fingerprint density at radius 2 is 1.16 bits per heavy atom. The maximum Gasteiger partial charge on any atom is 1.00 e. The molecule has 5 heteroatoms. The first-order valence-corrected chi connectivity index (χ1v) is 9.99. The predicted molar refractivity (Wildman–Crippen MR) is 97.5 cm³/mol. The molecule has 0 aliphatic carbocycles. The molecule has 0 unspecified atom stereocenters. The van der Waals surface area contributed by atoms with Crippen LogP contribution in [-0.2, 0) is 9.59 Å². The van der Waals surface area contributed by atoms with Crippen molar-refractivity contribution in [1.29, 1.82) is 0 Å². The standard InChI is InChI=1S/C20H39NO3.Na/c1-18(2)15-13-11-9-7-5-3-4-6-8-10-12-14-16-19(22)21-17-20(23)24;/h18H,3-17H2,1-2H3,(H,21,22)(H,23,24);/q;+1/p-1. The fourth-order valence-electron chi connectivity index (χ4n) is 2.87. The van der Waals surface area contributed by atoms with Crippen LogP contribution in [0.2, 0.25) is 0 Å². The molecule has 0 aromatic heterocycles. The molecule has 0 saturated carbocycles. The average molecular weight is 364 g/mol. The van der Waals surface area contributed by atoms with Crippen LogP contribution in [0.1, 0.15) is 104 Å². The zero-order chi connectivity index (χ0) is 18.0. The van der Waals surface area contributed by atoms with Gasteiger partial charge in [-0.1, -0.05) is 90.9 Å². The van der Waals surface area contributed by atoms with Crippen molar-refractivity contribution in [1.82, 2.24) is 5.32 Å². The Balaban J connectivity index is 0. The molecule has 0 aromatic carbocycles. The number of rotatable bonds is 17. The summed E-state index contributed by atoms with van der Waals surface area (Å²) in [4.78, 5) is 21.5. The van der Waals surface area contributed by atoms with Gasteiger partial charge in [-0.3, -0.25) is 4.79 Å². The molecular weight excluding hydrogens is 325 g/mol. The summed E-state index contributed by atoms with van der Waals surface area (Å²) >= 11 is 0. The Morgan fingerprint density at radius 3 is 1.56 bits per heavy atom. The van der Waals surface area contributed by atoms with Crippen molar-refractivity contribution in [3.8, 4) is 0 Å². The van der Waals surface area contributed by atoms with Crippen LogP contribution in [0.4, 0.5) is 0 Å². The monoisotopic (exact) mass is 363 g/mol. The molecule has 0 aliphatic rings. The SMILES string of the molecule is CC(C)CCCCCCCCCCCCCCC(=O)NCC(=O)[O-].[Na+]. The first kappa shape index (κ1) is 27.2. The number of nitrogens with one attached hydrogen (secondary N) is 1. The molecule has 0 heterocycles. The molecular formula is C20H38NNaO3. The molecule has 0 radical (unpaired) electrons. The smallest absolute Gasteiger partial charge is 0.548 e. The number of carbonyl (C=O) groups is 2. The van der Waals surface area contributed by atoms with Gasteiger partial charge in [0.1, 0.15) is 0 Å². The van der Waals surface area contributed by atoms with E-state index in [-0.39, 0.29) is 42.0 Å². The Labute approximate surface area is 177 Å². The molecule has 142 valence electrons. The van der Waals surface area contributed by atoms with Gasteiger partial charge in [-0.05, 0) is 12.3 Å². The minimum absolute atomic E-state index is 0. The normalized spacial score (nSPS) is 10.5. The summed E-state index contributed by atoms with van der Waals surface area (Å²) in [6.07, 6.45) is 17.0. The van der Waals surface area contributed by atoms with Crippen molar-refractivity contribution >= 4 is 11.9 Å². The minimum atomic E-state index is -1.24. The van der Waals surface area contributed by atoms with Gasteiger partial charge < -0.3 is 15.2 Å². The largest absolute Gasteiger partial charge is 1.00 e. The van der Waals surface area contributed by atoms with E-state index in [1.54, 1.807) is 0 Å². The van der Waals surface area contributed by atoms with E-state index < -0.39 is 5.97 Å². The third-order valence-corrected chi connectivity index (χ3v) is 4.37. The van der Waals surface area contributed by atoms with E-state index in [4.69, 9.17) is 0 Å². The van der Waals surface area contributed by atoms with Crippen LogP contribution in [0.15, 0.2) is 0 Å². The summed E-state index contributed by atoms with van der Waals surface area (Å²) in [7, 11) is 0. The molecule has 0 fully saturated rings. The minimum Gasteiger partial charge on any atom is -0.548 e. The molecule has 25 heavy (non-hydrogen) atoms. The van der Waals surface area contributed by atoms with Crippen LogP contribution in [0.25, 0.3) is 0 Å². The summed E-state index contributed by atoms with van der Waals surface area (Å²) in [5, 5.41) is 12.5. The van der Waals surface area contributed by atoms with Crippen LogP contribution >= 0.6 is 0 Å². The van der Waals surface area contributed by atoms with Crippen LogP contribution in [0.3, 0.4) is 0 Å². The van der Waals surface area contributed by atoms with Gasteiger partial charge in [-0.2, -0.15) is 0 Å². The fourth-order valence-corrected chi connectivity index (χ4v) is 2.87. The van der Waals surface area contributed by atoms with E-state index >= 15 is 0 Å². The number of aliphatic carboxylic acids is 1. The van der Waals surface area contributed by atoms with Crippen LogP contribution in [0, 0.1) is 5.92 Å². The quantitative estimate of drug-likeness (QED) is 0.309. The Kier molecular flexibility index (Phi) is 22.0. The molecule has 1 amide bonds. The van der Waals surface area contributed by atoms with E-state index in [0.717, 1.165) is 18.8 Å². The Morgan fingerprint density at radius 1 is 0.760 bits per heavy atom. The zero-order valence-corrected chi connectivity index (χ0v) is 18.9. The van der Waals surface area contributed by atoms with Gasteiger partial charge in [-0.25, -0.2) is 0 Å². The second kappa shape index (κ2) is 20.3. The third-order valence-electron chi connectivity index (χ3n) is 4.37. The number of hydrogen-bond acceptors (Lipinski definition) is 3. The zero-order valence-electron chi connectivity index (χ0n) is 16.9. The van der Waals surface area contributed by atoms with E-state index in [2.05, 4.69) is 19.2 Å². The summed E-state index contributed by atoms with van der Waals surface area (Å²) in [6.45, 7) is 4.22. The molecule has 0 aromatic rings. The maximum absolute atomic E-state index is 11.3. The van der Waals surface area contributed by atoms with Gasteiger partial charge >= 0.3 is 29.6 Å². The number of amides is 1. The number of hydrogen-bond donors (Lipinski definition) is 1. The van der Waals surface area contributed by atoms with Crippen molar-refractivity contribution in [2.45, 2.75) is 104 Å². The number of unbranched alkanes of at least 4 members (excludes halogenated alkanes) is 11. The van der Waals surface area contributed by atoms with Crippen molar-refractivity contribution < 1.29 is 44.3 Å².